The van der Waals surface area contributed by atoms with Gasteiger partial charge in [-0.3, -0.25) is 4.79 Å². The Bertz CT molecular complexity index is 203. The molecule has 0 aliphatic carbocycles. The van der Waals surface area contributed by atoms with Crippen molar-refractivity contribution >= 4 is 29.3 Å². The first-order valence-corrected chi connectivity index (χ1v) is 7.44. The molecule has 3 heteroatoms. The Balaban J connectivity index is 4.41. The third-order valence-electron chi connectivity index (χ3n) is 2.07. The Morgan fingerprint density at radius 2 is 1.71 bits per heavy atom. The van der Waals surface area contributed by atoms with Crippen LogP contribution in [0.1, 0.15) is 39.5 Å². The van der Waals surface area contributed by atoms with Crippen LogP contribution < -0.4 is 0 Å². The van der Waals surface area contributed by atoms with Crippen LogP contribution in [-0.2, 0) is 4.79 Å². The second kappa shape index (κ2) is 8.42. The molecule has 82 valence electrons. The lowest BCUT2D eigenvalue weighted by atomic mass is 10.1. The summed E-state index contributed by atoms with van der Waals surface area (Å²) in [6, 6.07) is 0. The van der Waals surface area contributed by atoms with Gasteiger partial charge >= 0.3 is 0 Å². The maximum atomic E-state index is 11.4. The van der Waals surface area contributed by atoms with E-state index in [4.69, 9.17) is 0 Å². The first-order valence-electron chi connectivity index (χ1n) is 4.99. The molecule has 0 unspecified atom stereocenters. The minimum atomic E-state index is 0.236. The van der Waals surface area contributed by atoms with Crippen molar-refractivity contribution in [2.75, 3.05) is 12.5 Å². The summed E-state index contributed by atoms with van der Waals surface area (Å²) in [7, 11) is 0. The van der Waals surface area contributed by atoms with Crippen LogP contribution in [0.15, 0.2) is 9.81 Å². The highest BCUT2D eigenvalue weighted by atomic mass is 32.2. The topological polar surface area (TPSA) is 17.1 Å². The first kappa shape index (κ1) is 14.1. The lowest BCUT2D eigenvalue weighted by Crippen LogP contribution is -1.99. The molecule has 0 bridgehead atoms. The van der Waals surface area contributed by atoms with E-state index in [9.17, 15) is 4.79 Å². The van der Waals surface area contributed by atoms with Gasteiger partial charge in [0.1, 0.15) is 0 Å². The summed E-state index contributed by atoms with van der Waals surface area (Å²) in [5.74, 6) is 0.236. The van der Waals surface area contributed by atoms with Crippen molar-refractivity contribution < 1.29 is 4.79 Å². The molecule has 0 aliphatic heterocycles. The van der Waals surface area contributed by atoms with Crippen molar-refractivity contribution in [3.63, 3.8) is 0 Å². The van der Waals surface area contributed by atoms with Gasteiger partial charge in [0.15, 0.2) is 5.78 Å². The number of hydrogen-bond donors (Lipinski definition) is 0. The molecule has 0 radical (unpaired) electrons. The van der Waals surface area contributed by atoms with Crippen LogP contribution in [0.2, 0.25) is 0 Å². The third-order valence-corrected chi connectivity index (χ3v) is 4.31. The molecule has 0 fully saturated rings. The van der Waals surface area contributed by atoms with Gasteiger partial charge < -0.3 is 0 Å². The Labute approximate surface area is 96.1 Å². The molecule has 0 N–H and O–H groups in total. The Hall–Kier alpha value is 0.110. The summed E-state index contributed by atoms with van der Waals surface area (Å²) in [4.78, 5) is 11.4. The van der Waals surface area contributed by atoms with Crippen molar-refractivity contribution in [3.8, 4) is 0 Å². The van der Waals surface area contributed by atoms with Crippen LogP contribution in [0.3, 0.4) is 0 Å². The number of rotatable bonds is 7. The predicted octanol–water partition coefficient (Wildman–Crippen LogP) is 4.09. The van der Waals surface area contributed by atoms with Crippen LogP contribution in [0, 0.1) is 0 Å². The van der Waals surface area contributed by atoms with Gasteiger partial charge in [0.05, 0.1) is 0 Å². The van der Waals surface area contributed by atoms with Gasteiger partial charge in [-0.05, 0) is 32.3 Å². The standard InChI is InChI=1S/C11H20OS2/c1-5-6-7-8-10(9(2)12)11(13-3)14-4/h5-8H2,1-4H3. The summed E-state index contributed by atoms with van der Waals surface area (Å²) in [5, 5.41) is 0. The maximum absolute atomic E-state index is 11.4. The average Bonchev–Trinajstić information content (AvgIpc) is 2.17. The monoisotopic (exact) mass is 232 g/mol. The molecule has 0 atom stereocenters. The molecule has 0 spiro atoms. The number of allylic oxidation sites excluding steroid dienone is 1. The second-order valence-electron chi connectivity index (χ2n) is 3.19. The zero-order valence-electron chi connectivity index (χ0n) is 9.55. The molecule has 0 saturated carbocycles. The van der Waals surface area contributed by atoms with Crippen molar-refractivity contribution in [1.82, 2.24) is 0 Å². The van der Waals surface area contributed by atoms with Gasteiger partial charge in [-0.2, -0.15) is 0 Å². The molecule has 0 aromatic rings. The van der Waals surface area contributed by atoms with Gasteiger partial charge in [0.2, 0.25) is 0 Å². The SMILES string of the molecule is CCCCCC(C(C)=O)=C(SC)SC. The Morgan fingerprint density at radius 3 is 2.07 bits per heavy atom. The molecule has 0 aliphatic rings. The van der Waals surface area contributed by atoms with E-state index in [0.29, 0.717) is 0 Å². The number of carbonyl (C=O) groups excluding carboxylic acids is 1. The van der Waals surface area contributed by atoms with Crippen molar-refractivity contribution in [2.45, 2.75) is 39.5 Å². The van der Waals surface area contributed by atoms with Gasteiger partial charge in [0, 0.05) is 9.81 Å². The van der Waals surface area contributed by atoms with E-state index in [0.717, 1.165) is 18.4 Å². The highest BCUT2D eigenvalue weighted by Gasteiger charge is 2.09. The number of thioether (sulfide) groups is 2. The van der Waals surface area contributed by atoms with E-state index in [1.54, 1.807) is 30.4 Å². The van der Waals surface area contributed by atoms with E-state index >= 15 is 0 Å². The van der Waals surface area contributed by atoms with Gasteiger partial charge in [-0.25, -0.2) is 0 Å². The third kappa shape index (κ3) is 5.11. The summed E-state index contributed by atoms with van der Waals surface area (Å²) in [6.07, 6.45) is 8.57. The Morgan fingerprint density at radius 1 is 1.14 bits per heavy atom. The number of Topliss-reactive ketones (excluding diaryl/α,β-unsaturated/α-hetero) is 1. The Kier molecular flexibility index (Phi) is 8.49. The van der Waals surface area contributed by atoms with Crippen molar-refractivity contribution in [1.29, 1.82) is 0 Å². The largest absolute Gasteiger partial charge is 0.295 e. The molecule has 0 aromatic carbocycles. The normalized spacial score (nSPS) is 10.0. The highest BCUT2D eigenvalue weighted by Crippen LogP contribution is 2.30. The van der Waals surface area contributed by atoms with Crippen molar-refractivity contribution in [3.05, 3.63) is 9.81 Å². The smallest absolute Gasteiger partial charge is 0.157 e. The van der Waals surface area contributed by atoms with Crippen molar-refractivity contribution in [2.24, 2.45) is 0 Å². The quantitative estimate of drug-likeness (QED) is 0.486. The second-order valence-corrected chi connectivity index (χ2v) is 5.08. The van der Waals surface area contributed by atoms with Crippen LogP contribution in [-0.4, -0.2) is 18.3 Å². The zero-order valence-corrected chi connectivity index (χ0v) is 11.2. The summed E-state index contributed by atoms with van der Waals surface area (Å²) in [5.41, 5.74) is 1.03. The molecule has 0 saturated heterocycles. The zero-order chi connectivity index (χ0) is 11.0. The minimum absolute atomic E-state index is 0.236. The van der Waals surface area contributed by atoms with Crippen LogP contribution in [0.25, 0.3) is 0 Å². The van der Waals surface area contributed by atoms with E-state index < -0.39 is 0 Å². The van der Waals surface area contributed by atoms with E-state index in [2.05, 4.69) is 6.92 Å². The minimum Gasteiger partial charge on any atom is -0.295 e. The van der Waals surface area contributed by atoms with Gasteiger partial charge in [-0.1, -0.05) is 19.8 Å². The summed E-state index contributed by atoms with van der Waals surface area (Å²) in [6.45, 7) is 3.86. The maximum Gasteiger partial charge on any atom is 0.157 e. The lowest BCUT2D eigenvalue weighted by molar-refractivity contribution is -0.113. The summed E-state index contributed by atoms with van der Waals surface area (Å²) < 4.78 is 1.19. The molecule has 0 heterocycles. The fourth-order valence-corrected chi connectivity index (χ4v) is 2.95. The fraction of sp³-hybridized carbons (Fsp3) is 0.727. The van der Waals surface area contributed by atoms with E-state index in [1.165, 1.54) is 17.1 Å². The number of hydrogen-bond acceptors (Lipinski definition) is 3. The van der Waals surface area contributed by atoms with E-state index in [1.807, 2.05) is 12.5 Å². The number of unbranched alkanes of at least 4 members (excludes halogenated alkanes) is 2. The molecule has 0 rings (SSSR count). The number of carbonyl (C=O) groups is 1. The molecular weight excluding hydrogens is 212 g/mol. The van der Waals surface area contributed by atoms with Crippen LogP contribution in [0.4, 0.5) is 0 Å². The summed E-state index contributed by atoms with van der Waals surface area (Å²) >= 11 is 3.37. The van der Waals surface area contributed by atoms with Crippen LogP contribution in [0.5, 0.6) is 0 Å². The molecule has 14 heavy (non-hydrogen) atoms. The van der Waals surface area contributed by atoms with E-state index in [-0.39, 0.29) is 5.78 Å². The van der Waals surface area contributed by atoms with Crippen LogP contribution >= 0.6 is 23.5 Å². The highest BCUT2D eigenvalue weighted by molar-refractivity contribution is 8.21. The molecule has 0 amide bonds. The fourth-order valence-electron chi connectivity index (χ4n) is 1.30. The number of ketones is 1. The predicted molar refractivity (Wildman–Crippen MR) is 68.9 cm³/mol. The molecule has 1 nitrogen and oxygen atoms in total. The lowest BCUT2D eigenvalue weighted by Gasteiger charge is -2.08. The molecular formula is C11H20OS2. The van der Waals surface area contributed by atoms with Gasteiger partial charge in [-0.15, -0.1) is 23.5 Å². The average molecular weight is 232 g/mol. The first-order chi connectivity index (χ1) is 6.67. The van der Waals surface area contributed by atoms with Gasteiger partial charge in [0.25, 0.3) is 0 Å². The molecule has 0 aromatic heterocycles.